The number of nitrogens with one attached hydrogen (secondary N) is 1. The van der Waals surface area contributed by atoms with Crippen molar-refractivity contribution < 1.29 is 14.3 Å². The minimum absolute atomic E-state index is 0.00876. The van der Waals surface area contributed by atoms with Gasteiger partial charge in [0.05, 0.1) is 12.6 Å². The average Bonchev–Trinajstić information content (AvgIpc) is 2.65. The molecule has 0 bridgehead atoms. The first-order valence-electron chi connectivity index (χ1n) is 8.99. The molecular weight excluding hydrogens is 314 g/mol. The molecule has 0 unspecified atom stereocenters. The minimum atomic E-state index is -0.105. The summed E-state index contributed by atoms with van der Waals surface area (Å²) in [7, 11) is 0. The molecule has 0 radical (unpaired) electrons. The summed E-state index contributed by atoms with van der Waals surface area (Å²) >= 11 is 0. The largest absolute Gasteiger partial charge is 0.490 e. The highest BCUT2D eigenvalue weighted by Crippen LogP contribution is 2.30. The third-order valence-electron chi connectivity index (χ3n) is 4.37. The third-order valence-corrected chi connectivity index (χ3v) is 4.37. The Bertz CT molecular complexity index is 714. The highest BCUT2D eigenvalue weighted by molar-refractivity contribution is 5.78. The molecule has 1 aliphatic carbocycles. The van der Waals surface area contributed by atoms with Gasteiger partial charge in [-0.15, -0.1) is 0 Å². The average molecular weight is 339 g/mol. The van der Waals surface area contributed by atoms with Crippen molar-refractivity contribution in [3.8, 4) is 11.5 Å². The fourth-order valence-corrected chi connectivity index (χ4v) is 3.18. The van der Waals surface area contributed by atoms with Gasteiger partial charge in [-0.25, -0.2) is 0 Å². The number of amides is 1. The van der Waals surface area contributed by atoms with Crippen LogP contribution >= 0.6 is 0 Å². The number of fused-ring (bicyclic) bond motifs is 1. The minimum Gasteiger partial charge on any atom is -0.490 e. The molecule has 1 amide bonds. The van der Waals surface area contributed by atoms with Crippen molar-refractivity contribution in [1.29, 1.82) is 0 Å². The van der Waals surface area contributed by atoms with E-state index in [0.29, 0.717) is 18.1 Å². The second-order valence-electron chi connectivity index (χ2n) is 6.30. The van der Waals surface area contributed by atoms with E-state index in [2.05, 4.69) is 30.4 Å². The molecule has 0 saturated carbocycles. The van der Waals surface area contributed by atoms with Gasteiger partial charge in [0.15, 0.2) is 18.1 Å². The maximum Gasteiger partial charge on any atom is 0.258 e. The Balaban J connectivity index is 1.58. The number of hydrogen-bond acceptors (Lipinski definition) is 3. The second kappa shape index (κ2) is 8.56. The topological polar surface area (TPSA) is 47.6 Å². The van der Waals surface area contributed by atoms with E-state index in [9.17, 15) is 4.79 Å². The van der Waals surface area contributed by atoms with Gasteiger partial charge in [0.2, 0.25) is 0 Å². The molecular formula is C21H25NO3. The normalized spacial score (nSPS) is 16.0. The summed E-state index contributed by atoms with van der Waals surface area (Å²) in [6.45, 7) is 2.68. The van der Waals surface area contributed by atoms with Crippen molar-refractivity contribution in [2.45, 2.75) is 38.6 Å². The summed E-state index contributed by atoms with van der Waals surface area (Å²) in [6, 6.07) is 15.9. The summed E-state index contributed by atoms with van der Waals surface area (Å²) < 4.78 is 11.3. The highest BCUT2D eigenvalue weighted by Gasteiger charge is 2.21. The van der Waals surface area contributed by atoms with E-state index >= 15 is 0 Å². The molecule has 4 heteroatoms. The smallest absolute Gasteiger partial charge is 0.258 e. The van der Waals surface area contributed by atoms with Gasteiger partial charge in [-0.3, -0.25) is 4.79 Å². The van der Waals surface area contributed by atoms with E-state index < -0.39 is 0 Å². The van der Waals surface area contributed by atoms with Crippen LogP contribution in [0.15, 0.2) is 48.5 Å². The lowest BCUT2D eigenvalue weighted by Crippen LogP contribution is -2.34. The first-order chi connectivity index (χ1) is 12.3. The molecule has 1 N–H and O–H groups in total. The number of rotatable bonds is 7. The van der Waals surface area contributed by atoms with E-state index in [1.807, 2.05) is 30.3 Å². The Kier molecular flexibility index (Phi) is 5.94. The number of ether oxygens (including phenoxy) is 2. The number of hydrogen-bond donors (Lipinski definition) is 1. The van der Waals surface area contributed by atoms with Crippen molar-refractivity contribution in [1.82, 2.24) is 5.32 Å². The van der Waals surface area contributed by atoms with Gasteiger partial charge in [0, 0.05) is 0 Å². The van der Waals surface area contributed by atoms with Crippen LogP contribution in [0.25, 0.3) is 0 Å². The standard InChI is InChI=1S/C21H25NO3/c1-2-14-24-19-12-5-6-13-20(19)25-15-21(23)22-18-11-7-9-16-8-3-4-10-17(16)18/h3-6,8,10,12-13,18H,2,7,9,11,14-15H2,1H3,(H,22,23)/t18-/m1/s1. The van der Waals surface area contributed by atoms with E-state index in [0.717, 1.165) is 25.7 Å². The SMILES string of the molecule is CCCOc1ccccc1OCC(=O)N[C@@H]1CCCc2ccccc21. The molecule has 1 aliphatic rings. The Labute approximate surface area is 149 Å². The van der Waals surface area contributed by atoms with E-state index in [1.54, 1.807) is 0 Å². The van der Waals surface area contributed by atoms with E-state index in [1.165, 1.54) is 11.1 Å². The van der Waals surface area contributed by atoms with Gasteiger partial charge in [0.1, 0.15) is 0 Å². The second-order valence-corrected chi connectivity index (χ2v) is 6.30. The lowest BCUT2D eigenvalue weighted by atomic mass is 9.88. The lowest BCUT2D eigenvalue weighted by Gasteiger charge is -2.26. The summed E-state index contributed by atoms with van der Waals surface area (Å²) in [6.07, 6.45) is 4.08. The van der Waals surface area contributed by atoms with Crippen LogP contribution in [-0.2, 0) is 11.2 Å². The van der Waals surface area contributed by atoms with Crippen LogP contribution in [0.5, 0.6) is 11.5 Å². The lowest BCUT2D eigenvalue weighted by molar-refractivity contribution is -0.124. The maximum atomic E-state index is 12.3. The molecule has 0 aromatic heterocycles. The first-order valence-corrected chi connectivity index (χ1v) is 8.99. The summed E-state index contributed by atoms with van der Waals surface area (Å²) in [4.78, 5) is 12.3. The van der Waals surface area contributed by atoms with Gasteiger partial charge >= 0.3 is 0 Å². The fraction of sp³-hybridized carbons (Fsp3) is 0.381. The van der Waals surface area contributed by atoms with Gasteiger partial charge in [-0.05, 0) is 48.9 Å². The number of para-hydroxylation sites is 2. The van der Waals surface area contributed by atoms with Crippen LogP contribution in [0.2, 0.25) is 0 Å². The van der Waals surface area contributed by atoms with Crippen LogP contribution in [0, 0.1) is 0 Å². The Morgan fingerprint density at radius 2 is 1.80 bits per heavy atom. The van der Waals surface area contributed by atoms with Crippen LogP contribution in [-0.4, -0.2) is 19.1 Å². The summed E-state index contributed by atoms with van der Waals surface area (Å²) in [5.74, 6) is 1.18. The molecule has 1 atom stereocenters. The fourth-order valence-electron chi connectivity index (χ4n) is 3.18. The Hall–Kier alpha value is -2.49. The van der Waals surface area contributed by atoms with Gasteiger partial charge < -0.3 is 14.8 Å². The molecule has 0 fully saturated rings. The van der Waals surface area contributed by atoms with Crippen LogP contribution in [0.3, 0.4) is 0 Å². The van der Waals surface area contributed by atoms with E-state index in [-0.39, 0.29) is 18.6 Å². The molecule has 0 aliphatic heterocycles. The Morgan fingerprint density at radius 1 is 1.08 bits per heavy atom. The molecule has 0 heterocycles. The zero-order valence-electron chi connectivity index (χ0n) is 14.7. The van der Waals surface area contributed by atoms with Crippen LogP contribution in [0.1, 0.15) is 43.4 Å². The highest BCUT2D eigenvalue weighted by atomic mass is 16.5. The predicted octanol–water partition coefficient (Wildman–Crippen LogP) is 4.05. The van der Waals surface area contributed by atoms with Crippen LogP contribution in [0.4, 0.5) is 0 Å². The molecule has 132 valence electrons. The Morgan fingerprint density at radius 3 is 2.60 bits per heavy atom. The molecule has 0 saturated heterocycles. The molecule has 0 spiro atoms. The maximum absolute atomic E-state index is 12.3. The van der Waals surface area contributed by atoms with Gasteiger partial charge in [0.25, 0.3) is 5.91 Å². The van der Waals surface area contributed by atoms with Crippen molar-refractivity contribution in [3.63, 3.8) is 0 Å². The number of carbonyl (C=O) groups is 1. The number of carbonyl (C=O) groups excluding carboxylic acids is 1. The predicted molar refractivity (Wildman–Crippen MR) is 98.0 cm³/mol. The monoisotopic (exact) mass is 339 g/mol. The molecule has 2 aromatic carbocycles. The quantitative estimate of drug-likeness (QED) is 0.828. The first kappa shape index (κ1) is 17.3. The molecule has 2 aromatic rings. The van der Waals surface area contributed by atoms with Crippen molar-refractivity contribution in [2.24, 2.45) is 0 Å². The molecule has 3 rings (SSSR count). The van der Waals surface area contributed by atoms with Crippen molar-refractivity contribution in [3.05, 3.63) is 59.7 Å². The van der Waals surface area contributed by atoms with Gasteiger partial charge in [-0.2, -0.15) is 0 Å². The zero-order chi connectivity index (χ0) is 17.5. The third kappa shape index (κ3) is 4.53. The molecule has 4 nitrogen and oxygen atoms in total. The van der Waals surface area contributed by atoms with Gasteiger partial charge in [-0.1, -0.05) is 43.3 Å². The summed E-state index contributed by atoms with van der Waals surface area (Å²) in [5, 5.41) is 3.10. The van der Waals surface area contributed by atoms with Crippen molar-refractivity contribution in [2.75, 3.05) is 13.2 Å². The van der Waals surface area contributed by atoms with Crippen molar-refractivity contribution >= 4 is 5.91 Å². The van der Waals surface area contributed by atoms with E-state index in [4.69, 9.17) is 9.47 Å². The summed E-state index contributed by atoms with van der Waals surface area (Å²) in [5.41, 5.74) is 2.56. The number of benzene rings is 2. The van der Waals surface area contributed by atoms with Crippen LogP contribution < -0.4 is 14.8 Å². The molecule has 25 heavy (non-hydrogen) atoms. The number of aryl methyl sites for hydroxylation is 1. The zero-order valence-corrected chi connectivity index (χ0v) is 14.7.